The third kappa shape index (κ3) is 6.21. The Labute approximate surface area is 130 Å². The predicted octanol–water partition coefficient (Wildman–Crippen LogP) is 5.30. The average molecular weight is 377 g/mol. The first-order valence-corrected chi connectivity index (χ1v) is 8.30. The Balaban J connectivity index is 2.71. The van der Waals surface area contributed by atoms with E-state index in [0.29, 0.717) is 6.04 Å². The number of nitrogens with one attached hydrogen (secondary N) is 1. The van der Waals surface area contributed by atoms with Crippen molar-refractivity contribution in [3.63, 3.8) is 0 Å². The van der Waals surface area contributed by atoms with Gasteiger partial charge < -0.3 is 5.32 Å². The van der Waals surface area contributed by atoms with Gasteiger partial charge in [-0.05, 0) is 65.6 Å². The average Bonchev–Trinajstić information content (AvgIpc) is 2.34. The molecule has 1 nitrogen and oxygen atoms in total. The standard InChI is InChI=1S/C16H25FIN/c1-4-10-19-16(7-5-6-12(2)3)14-9-8-13(17)11-15(14)18/h8-9,11-12,16,19H,4-7,10H2,1-3H3. The second kappa shape index (κ2) is 8.90. The van der Waals surface area contributed by atoms with Crippen LogP contribution < -0.4 is 5.32 Å². The van der Waals surface area contributed by atoms with Crippen LogP contribution in [0.15, 0.2) is 18.2 Å². The Hall–Kier alpha value is -0.160. The second-order valence-corrected chi connectivity index (χ2v) is 6.66. The van der Waals surface area contributed by atoms with Crippen LogP contribution in [0.5, 0.6) is 0 Å². The molecule has 1 N–H and O–H groups in total. The Morgan fingerprint density at radius 2 is 2.00 bits per heavy atom. The second-order valence-electron chi connectivity index (χ2n) is 5.50. The van der Waals surface area contributed by atoms with Crippen LogP contribution in [-0.4, -0.2) is 6.54 Å². The fourth-order valence-electron chi connectivity index (χ4n) is 2.20. The predicted molar refractivity (Wildman–Crippen MR) is 88.8 cm³/mol. The van der Waals surface area contributed by atoms with Crippen LogP contribution in [0.4, 0.5) is 4.39 Å². The fourth-order valence-corrected chi connectivity index (χ4v) is 3.05. The molecule has 1 atom stereocenters. The van der Waals surface area contributed by atoms with Crippen LogP contribution in [0.3, 0.4) is 0 Å². The molecule has 0 aromatic heterocycles. The van der Waals surface area contributed by atoms with E-state index >= 15 is 0 Å². The molecule has 0 heterocycles. The Morgan fingerprint density at radius 3 is 2.58 bits per heavy atom. The summed E-state index contributed by atoms with van der Waals surface area (Å²) in [6.45, 7) is 7.71. The molecule has 0 aliphatic carbocycles. The SMILES string of the molecule is CCCNC(CCCC(C)C)c1ccc(F)cc1I. The van der Waals surface area contributed by atoms with Gasteiger partial charge >= 0.3 is 0 Å². The topological polar surface area (TPSA) is 12.0 Å². The highest BCUT2D eigenvalue weighted by atomic mass is 127. The molecule has 0 bridgehead atoms. The highest BCUT2D eigenvalue weighted by molar-refractivity contribution is 14.1. The summed E-state index contributed by atoms with van der Waals surface area (Å²) in [5.41, 5.74) is 1.24. The smallest absolute Gasteiger partial charge is 0.124 e. The quantitative estimate of drug-likeness (QED) is 0.607. The summed E-state index contributed by atoms with van der Waals surface area (Å²) < 4.78 is 14.2. The van der Waals surface area contributed by atoms with Gasteiger partial charge in [0.1, 0.15) is 5.82 Å². The van der Waals surface area contributed by atoms with E-state index in [-0.39, 0.29) is 5.82 Å². The van der Waals surface area contributed by atoms with Crippen molar-refractivity contribution in [3.8, 4) is 0 Å². The maximum absolute atomic E-state index is 13.2. The van der Waals surface area contributed by atoms with Crippen molar-refractivity contribution in [3.05, 3.63) is 33.1 Å². The Bertz CT molecular complexity index is 379. The van der Waals surface area contributed by atoms with E-state index in [0.717, 1.165) is 28.9 Å². The molecule has 3 heteroatoms. The maximum Gasteiger partial charge on any atom is 0.124 e. The zero-order valence-electron chi connectivity index (χ0n) is 12.2. The largest absolute Gasteiger partial charge is 0.310 e. The molecule has 108 valence electrons. The van der Waals surface area contributed by atoms with E-state index in [4.69, 9.17) is 0 Å². The van der Waals surface area contributed by atoms with Crippen LogP contribution >= 0.6 is 22.6 Å². The molecular weight excluding hydrogens is 352 g/mol. The van der Waals surface area contributed by atoms with Crippen LogP contribution in [0, 0.1) is 15.3 Å². The first-order chi connectivity index (χ1) is 9.04. The summed E-state index contributed by atoms with van der Waals surface area (Å²) in [5, 5.41) is 3.59. The highest BCUT2D eigenvalue weighted by Crippen LogP contribution is 2.26. The molecule has 0 radical (unpaired) electrons. The molecule has 0 saturated carbocycles. The lowest BCUT2D eigenvalue weighted by Gasteiger charge is -2.21. The van der Waals surface area contributed by atoms with Gasteiger partial charge in [0.2, 0.25) is 0 Å². The van der Waals surface area contributed by atoms with Crippen molar-refractivity contribution < 1.29 is 4.39 Å². The summed E-state index contributed by atoms with van der Waals surface area (Å²) in [6.07, 6.45) is 4.72. The van der Waals surface area contributed by atoms with E-state index < -0.39 is 0 Å². The molecule has 1 rings (SSSR count). The lowest BCUT2D eigenvalue weighted by molar-refractivity contribution is 0.446. The minimum absolute atomic E-state index is 0.149. The Kier molecular flexibility index (Phi) is 7.91. The van der Waals surface area contributed by atoms with Crippen molar-refractivity contribution in [2.45, 2.75) is 52.5 Å². The number of hydrogen-bond donors (Lipinski definition) is 1. The molecule has 0 amide bonds. The minimum atomic E-state index is -0.149. The van der Waals surface area contributed by atoms with Gasteiger partial charge in [-0.1, -0.05) is 39.7 Å². The highest BCUT2D eigenvalue weighted by Gasteiger charge is 2.14. The van der Waals surface area contributed by atoms with Crippen molar-refractivity contribution in [2.24, 2.45) is 5.92 Å². The number of benzene rings is 1. The van der Waals surface area contributed by atoms with E-state index in [9.17, 15) is 4.39 Å². The van der Waals surface area contributed by atoms with Gasteiger partial charge in [0.15, 0.2) is 0 Å². The molecule has 0 fully saturated rings. The van der Waals surface area contributed by atoms with E-state index in [1.54, 1.807) is 12.1 Å². The third-order valence-electron chi connectivity index (χ3n) is 3.25. The summed E-state index contributed by atoms with van der Waals surface area (Å²) >= 11 is 2.24. The first kappa shape index (κ1) is 16.9. The maximum atomic E-state index is 13.2. The van der Waals surface area contributed by atoms with Crippen molar-refractivity contribution in [2.75, 3.05) is 6.54 Å². The van der Waals surface area contributed by atoms with E-state index in [1.807, 2.05) is 6.07 Å². The zero-order chi connectivity index (χ0) is 14.3. The number of rotatable bonds is 8. The molecule has 19 heavy (non-hydrogen) atoms. The molecule has 1 unspecified atom stereocenters. The molecule has 1 aromatic rings. The Morgan fingerprint density at radius 1 is 1.26 bits per heavy atom. The van der Waals surface area contributed by atoms with Gasteiger partial charge in [-0.3, -0.25) is 0 Å². The summed E-state index contributed by atoms with van der Waals surface area (Å²) in [5.74, 6) is 0.601. The third-order valence-corrected chi connectivity index (χ3v) is 4.19. The van der Waals surface area contributed by atoms with Crippen LogP contribution in [-0.2, 0) is 0 Å². The lowest BCUT2D eigenvalue weighted by Crippen LogP contribution is -2.23. The lowest BCUT2D eigenvalue weighted by atomic mass is 9.98. The molecule has 0 aliphatic heterocycles. The van der Waals surface area contributed by atoms with Crippen LogP contribution in [0.2, 0.25) is 0 Å². The molecule has 0 saturated heterocycles. The van der Waals surface area contributed by atoms with Gasteiger partial charge in [-0.2, -0.15) is 0 Å². The number of hydrogen-bond acceptors (Lipinski definition) is 1. The molecule has 0 spiro atoms. The monoisotopic (exact) mass is 377 g/mol. The van der Waals surface area contributed by atoms with Crippen molar-refractivity contribution >= 4 is 22.6 Å². The fraction of sp³-hybridized carbons (Fsp3) is 0.625. The van der Waals surface area contributed by atoms with Gasteiger partial charge in [0, 0.05) is 9.61 Å². The van der Waals surface area contributed by atoms with Crippen LogP contribution in [0.25, 0.3) is 0 Å². The van der Waals surface area contributed by atoms with E-state index in [2.05, 4.69) is 48.7 Å². The summed E-state index contributed by atoms with van der Waals surface area (Å²) in [7, 11) is 0. The zero-order valence-corrected chi connectivity index (χ0v) is 14.3. The van der Waals surface area contributed by atoms with Gasteiger partial charge in [0.05, 0.1) is 0 Å². The minimum Gasteiger partial charge on any atom is -0.310 e. The summed E-state index contributed by atoms with van der Waals surface area (Å²) in [6, 6.07) is 5.48. The molecular formula is C16H25FIN. The van der Waals surface area contributed by atoms with Gasteiger partial charge in [-0.15, -0.1) is 0 Å². The number of halogens is 2. The first-order valence-electron chi connectivity index (χ1n) is 7.23. The normalized spacial score (nSPS) is 12.9. The summed E-state index contributed by atoms with van der Waals surface area (Å²) in [4.78, 5) is 0. The van der Waals surface area contributed by atoms with Gasteiger partial charge in [-0.25, -0.2) is 4.39 Å². The van der Waals surface area contributed by atoms with Gasteiger partial charge in [0.25, 0.3) is 0 Å². The van der Waals surface area contributed by atoms with Crippen molar-refractivity contribution in [1.82, 2.24) is 5.32 Å². The van der Waals surface area contributed by atoms with E-state index in [1.165, 1.54) is 18.4 Å². The molecule has 1 aromatic carbocycles. The van der Waals surface area contributed by atoms with Crippen molar-refractivity contribution in [1.29, 1.82) is 0 Å². The van der Waals surface area contributed by atoms with Crippen LogP contribution in [0.1, 0.15) is 58.1 Å². The molecule has 0 aliphatic rings.